The number of hydrogen-bond donors (Lipinski definition) is 1. The lowest BCUT2D eigenvalue weighted by Gasteiger charge is -2.20. The smallest absolute Gasteiger partial charge is 0.319 e. The molecule has 0 aromatic rings. The van der Waals surface area contributed by atoms with Crippen LogP contribution in [0, 0.1) is 0 Å². The Bertz CT molecular complexity index is 166. The van der Waals surface area contributed by atoms with E-state index < -0.39 is 0 Å². The number of amides is 2. The molecule has 2 amide bonds. The van der Waals surface area contributed by atoms with Crippen LogP contribution in [-0.2, 0) is 4.74 Å². The van der Waals surface area contributed by atoms with E-state index in [1.807, 2.05) is 0 Å². The van der Waals surface area contributed by atoms with Gasteiger partial charge >= 0.3 is 6.03 Å². The Morgan fingerprint density at radius 2 is 2.55 bits per heavy atom. The molecule has 0 saturated carbocycles. The minimum absolute atomic E-state index is 0.0249. The number of hydrogen-bond acceptors (Lipinski definition) is 2. The first-order valence-corrected chi connectivity index (χ1v) is 4.04. The standard InChI is InChI=1S/C7H12N2O2/c10-7-8-3-4-9(7)6-2-1-5-11-6/h6H,1-5H2,(H,8,10)/t6-/m1/s1. The van der Waals surface area contributed by atoms with Crippen molar-refractivity contribution >= 4 is 6.03 Å². The SMILES string of the molecule is O=C1NCCN1[C@H]1CCCO1. The molecule has 1 N–H and O–H groups in total. The normalized spacial score (nSPS) is 31.1. The summed E-state index contributed by atoms with van der Waals surface area (Å²) in [6.45, 7) is 2.36. The zero-order chi connectivity index (χ0) is 7.68. The van der Waals surface area contributed by atoms with Gasteiger partial charge in [-0.05, 0) is 12.8 Å². The summed E-state index contributed by atoms with van der Waals surface area (Å²) in [5.74, 6) is 0. The molecular weight excluding hydrogens is 144 g/mol. The van der Waals surface area contributed by atoms with Gasteiger partial charge in [-0.1, -0.05) is 0 Å². The summed E-state index contributed by atoms with van der Waals surface area (Å²) in [7, 11) is 0. The van der Waals surface area contributed by atoms with Gasteiger partial charge in [-0.25, -0.2) is 4.79 Å². The second-order valence-corrected chi connectivity index (χ2v) is 2.89. The fourth-order valence-electron chi connectivity index (χ4n) is 1.57. The lowest BCUT2D eigenvalue weighted by atomic mass is 10.3. The van der Waals surface area contributed by atoms with Crippen LogP contribution in [0.3, 0.4) is 0 Å². The molecule has 2 saturated heterocycles. The molecule has 0 aromatic carbocycles. The van der Waals surface area contributed by atoms with Crippen molar-refractivity contribution in [1.29, 1.82) is 0 Å². The molecule has 2 aliphatic rings. The van der Waals surface area contributed by atoms with Crippen molar-refractivity contribution in [3.8, 4) is 0 Å². The summed E-state index contributed by atoms with van der Waals surface area (Å²) in [6, 6.07) is 0.0249. The summed E-state index contributed by atoms with van der Waals surface area (Å²) in [5, 5.41) is 2.75. The summed E-state index contributed by atoms with van der Waals surface area (Å²) in [6.07, 6.45) is 2.12. The molecule has 2 aliphatic heterocycles. The number of carbonyl (C=O) groups excluding carboxylic acids is 1. The van der Waals surface area contributed by atoms with Crippen molar-refractivity contribution in [2.45, 2.75) is 19.1 Å². The maximum Gasteiger partial charge on any atom is 0.319 e. The van der Waals surface area contributed by atoms with E-state index in [2.05, 4.69) is 5.32 Å². The lowest BCUT2D eigenvalue weighted by molar-refractivity contribution is 0.0146. The van der Waals surface area contributed by atoms with Gasteiger partial charge in [0.15, 0.2) is 0 Å². The predicted octanol–water partition coefficient (Wildman–Crippen LogP) is 0.148. The topological polar surface area (TPSA) is 41.6 Å². The van der Waals surface area contributed by atoms with Crippen LogP contribution in [0.25, 0.3) is 0 Å². The van der Waals surface area contributed by atoms with Crippen LogP contribution in [0.4, 0.5) is 4.79 Å². The largest absolute Gasteiger partial charge is 0.358 e. The molecule has 0 spiro atoms. The highest BCUT2D eigenvalue weighted by molar-refractivity contribution is 5.76. The summed E-state index contributed by atoms with van der Waals surface area (Å²) < 4.78 is 5.37. The molecule has 0 unspecified atom stereocenters. The van der Waals surface area contributed by atoms with Gasteiger partial charge < -0.3 is 10.1 Å². The number of rotatable bonds is 1. The molecule has 1 atom stereocenters. The summed E-state index contributed by atoms with van der Waals surface area (Å²) in [4.78, 5) is 12.9. The minimum atomic E-state index is 0.0249. The van der Waals surface area contributed by atoms with Gasteiger partial charge in [0, 0.05) is 19.7 Å². The van der Waals surface area contributed by atoms with E-state index in [9.17, 15) is 4.79 Å². The van der Waals surface area contributed by atoms with Crippen LogP contribution in [0.15, 0.2) is 0 Å². The van der Waals surface area contributed by atoms with Crippen molar-refractivity contribution < 1.29 is 9.53 Å². The fraction of sp³-hybridized carbons (Fsp3) is 0.857. The molecule has 2 rings (SSSR count). The molecular formula is C7H12N2O2. The number of nitrogens with one attached hydrogen (secondary N) is 1. The zero-order valence-electron chi connectivity index (χ0n) is 6.38. The third-order valence-corrected chi connectivity index (χ3v) is 2.14. The van der Waals surface area contributed by atoms with E-state index in [0.717, 1.165) is 32.5 Å². The zero-order valence-corrected chi connectivity index (χ0v) is 6.38. The van der Waals surface area contributed by atoms with Crippen LogP contribution < -0.4 is 5.32 Å². The molecule has 2 heterocycles. The highest BCUT2D eigenvalue weighted by Crippen LogP contribution is 2.17. The Morgan fingerprint density at radius 3 is 3.09 bits per heavy atom. The number of nitrogens with zero attached hydrogens (tertiary/aromatic N) is 1. The average molecular weight is 156 g/mol. The first-order valence-electron chi connectivity index (χ1n) is 4.04. The summed E-state index contributed by atoms with van der Waals surface area (Å²) >= 11 is 0. The lowest BCUT2D eigenvalue weighted by Crippen LogP contribution is -2.37. The van der Waals surface area contributed by atoms with Gasteiger partial charge in [0.2, 0.25) is 0 Å². The van der Waals surface area contributed by atoms with Crippen molar-refractivity contribution in [1.82, 2.24) is 10.2 Å². The third-order valence-electron chi connectivity index (χ3n) is 2.14. The molecule has 4 nitrogen and oxygen atoms in total. The fourth-order valence-corrected chi connectivity index (χ4v) is 1.57. The van der Waals surface area contributed by atoms with Crippen molar-refractivity contribution in [2.75, 3.05) is 19.7 Å². The second kappa shape index (κ2) is 2.70. The molecule has 11 heavy (non-hydrogen) atoms. The van der Waals surface area contributed by atoms with Crippen molar-refractivity contribution in [2.24, 2.45) is 0 Å². The highest BCUT2D eigenvalue weighted by atomic mass is 16.5. The number of urea groups is 1. The van der Waals surface area contributed by atoms with Gasteiger partial charge in [-0.2, -0.15) is 0 Å². The monoisotopic (exact) mass is 156 g/mol. The second-order valence-electron chi connectivity index (χ2n) is 2.89. The van der Waals surface area contributed by atoms with E-state index in [1.165, 1.54) is 0 Å². The maximum atomic E-state index is 11.1. The molecule has 4 heteroatoms. The Morgan fingerprint density at radius 1 is 1.64 bits per heavy atom. The molecule has 0 aromatic heterocycles. The predicted molar refractivity (Wildman–Crippen MR) is 39.1 cm³/mol. The minimum Gasteiger partial charge on any atom is -0.358 e. The molecule has 0 radical (unpaired) electrons. The van der Waals surface area contributed by atoms with Crippen LogP contribution in [0.1, 0.15) is 12.8 Å². The van der Waals surface area contributed by atoms with E-state index in [4.69, 9.17) is 4.74 Å². The maximum absolute atomic E-state index is 11.1. The van der Waals surface area contributed by atoms with Crippen molar-refractivity contribution in [3.05, 3.63) is 0 Å². The van der Waals surface area contributed by atoms with Gasteiger partial charge in [-0.3, -0.25) is 4.90 Å². The van der Waals surface area contributed by atoms with Gasteiger partial charge in [0.1, 0.15) is 6.23 Å². The molecule has 2 fully saturated rings. The van der Waals surface area contributed by atoms with Crippen molar-refractivity contribution in [3.63, 3.8) is 0 Å². The van der Waals surface area contributed by atoms with E-state index in [0.29, 0.717) is 0 Å². The molecule has 62 valence electrons. The number of ether oxygens (including phenoxy) is 1. The molecule has 0 aliphatic carbocycles. The first kappa shape index (κ1) is 6.91. The molecule has 0 bridgehead atoms. The third kappa shape index (κ3) is 1.18. The van der Waals surface area contributed by atoms with Gasteiger partial charge in [0.25, 0.3) is 0 Å². The quantitative estimate of drug-likeness (QED) is 0.587. The van der Waals surface area contributed by atoms with Crippen LogP contribution >= 0.6 is 0 Å². The van der Waals surface area contributed by atoms with E-state index in [-0.39, 0.29) is 12.3 Å². The number of carbonyl (C=O) groups is 1. The van der Waals surface area contributed by atoms with Crippen LogP contribution in [-0.4, -0.2) is 36.9 Å². The van der Waals surface area contributed by atoms with Gasteiger partial charge in [-0.15, -0.1) is 0 Å². The average Bonchev–Trinajstić information content (AvgIpc) is 2.55. The van der Waals surface area contributed by atoms with E-state index in [1.54, 1.807) is 4.90 Å². The van der Waals surface area contributed by atoms with E-state index >= 15 is 0 Å². The Balaban J connectivity index is 1.97. The van der Waals surface area contributed by atoms with Crippen LogP contribution in [0.5, 0.6) is 0 Å². The Hall–Kier alpha value is -0.770. The first-order chi connectivity index (χ1) is 5.38. The highest BCUT2D eigenvalue weighted by Gasteiger charge is 2.30. The Kier molecular flexibility index (Phi) is 1.69. The summed E-state index contributed by atoms with van der Waals surface area (Å²) in [5.41, 5.74) is 0. The van der Waals surface area contributed by atoms with Gasteiger partial charge in [0.05, 0.1) is 0 Å². The van der Waals surface area contributed by atoms with Crippen LogP contribution in [0.2, 0.25) is 0 Å². The Labute approximate surface area is 65.5 Å².